The first-order chi connectivity index (χ1) is 13.3. The average Bonchev–Trinajstić information content (AvgIpc) is 2.73. The first kappa shape index (κ1) is 17.3. The summed E-state index contributed by atoms with van der Waals surface area (Å²) in [5.41, 5.74) is 2.67. The van der Waals surface area contributed by atoms with E-state index in [0.29, 0.717) is 10.5 Å². The molecule has 0 fully saturated rings. The quantitative estimate of drug-likeness (QED) is 0.358. The number of aromatic nitrogens is 2. The lowest BCUT2D eigenvalue weighted by Crippen LogP contribution is -2.21. The van der Waals surface area contributed by atoms with Gasteiger partial charge in [-0.15, -0.1) is 0 Å². The number of rotatable bonds is 5. The molecule has 1 aromatic heterocycles. The first-order valence-electron chi connectivity index (χ1n) is 8.74. The minimum absolute atomic E-state index is 0.0404. The van der Waals surface area contributed by atoms with Crippen molar-refractivity contribution in [1.82, 2.24) is 9.55 Å². The maximum absolute atomic E-state index is 13.1. The van der Waals surface area contributed by atoms with Crippen LogP contribution in [0.15, 0.2) is 101 Å². The summed E-state index contributed by atoms with van der Waals surface area (Å²) in [6.07, 6.45) is 4.18. The Morgan fingerprint density at radius 1 is 0.852 bits per heavy atom. The van der Waals surface area contributed by atoms with Crippen LogP contribution in [0, 0.1) is 0 Å². The van der Waals surface area contributed by atoms with Gasteiger partial charge in [0.2, 0.25) is 0 Å². The van der Waals surface area contributed by atoms with E-state index in [1.807, 2.05) is 72.8 Å². The van der Waals surface area contributed by atoms with Crippen molar-refractivity contribution in [1.29, 1.82) is 0 Å². The summed E-state index contributed by atoms with van der Waals surface area (Å²) in [4.78, 5) is 17.8. The van der Waals surface area contributed by atoms with Crippen LogP contribution < -0.4 is 5.56 Å². The zero-order chi connectivity index (χ0) is 18.5. The van der Waals surface area contributed by atoms with Crippen molar-refractivity contribution in [2.75, 3.05) is 5.75 Å². The molecule has 0 radical (unpaired) electrons. The SMILES string of the molecule is O=c1c2ccccc2nc(SC/C=C\c2ccccc2)n1-c1ccccc1. The number of fused-ring (bicyclic) bond motifs is 1. The molecule has 4 rings (SSSR count). The summed E-state index contributed by atoms with van der Waals surface area (Å²) in [7, 11) is 0. The lowest BCUT2D eigenvalue weighted by molar-refractivity contribution is 0.821. The van der Waals surface area contributed by atoms with Gasteiger partial charge >= 0.3 is 0 Å². The lowest BCUT2D eigenvalue weighted by atomic mass is 10.2. The van der Waals surface area contributed by atoms with Crippen molar-refractivity contribution >= 4 is 28.7 Å². The zero-order valence-corrected chi connectivity index (χ0v) is 15.5. The second-order valence-electron chi connectivity index (χ2n) is 6.01. The van der Waals surface area contributed by atoms with Crippen molar-refractivity contribution in [3.63, 3.8) is 0 Å². The molecule has 0 amide bonds. The Bertz CT molecular complexity index is 1140. The van der Waals surface area contributed by atoms with Gasteiger partial charge in [-0.2, -0.15) is 0 Å². The zero-order valence-electron chi connectivity index (χ0n) is 14.7. The van der Waals surface area contributed by atoms with E-state index in [9.17, 15) is 4.79 Å². The molecule has 0 saturated carbocycles. The molecule has 0 aliphatic carbocycles. The van der Waals surface area contributed by atoms with Crippen LogP contribution in [0.4, 0.5) is 0 Å². The molecular formula is C23H18N2OS. The lowest BCUT2D eigenvalue weighted by Gasteiger charge is -2.12. The highest BCUT2D eigenvalue weighted by atomic mass is 32.2. The largest absolute Gasteiger partial charge is 0.268 e. The maximum Gasteiger partial charge on any atom is 0.266 e. The van der Waals surface area contributed by atoms with Gasteiger partial charge in [-0.25, -0.2) is 4.98 Å². The van der Waals surface area contributed by atoms with Gasteiger partial charge < -0.3 is 0 Å². The van der Waals surface area contributed by atoms with Crippen molar-refractivity contribution in [2.45, 2.75) is 5.16 Å². The topological polar surface area (TPSA) is 34.9 Å². The van der Waals surface area contributed by atoms with Crippen LogP contribution >= 0.6 is 11.8 Å². The van der Waals surface area contributed by atoms with Crippen LogP contribution in [0.1, 0.15) is 5.56 Å². The molecule has 0 aliphatic heterocycles. The number of benzene rings is 3. The Balaban J connectivity index is 1.70. The molecule has 4 aromatic rings. The fourth-order valence-electron chi connectivity index (χ4n) is 2.88. The van der Waals surface area contributed by atoms with Crippen molar-refractivity contribution in [2.24, 2.45) is 0 Å². The average molecular weight is 370 g/mol. The molecule has 3 aromatic carbocycles. The molecule has 0 spiro atoms. The Kier molecular flexibility index (Phi) is 5.17. The van der Waals surface area contributed by atoms with Gasteiger partial charge in [-0.05, 0) is 29.8 Å². The van der Waals surface area contributed by atoms with Crippen molar-refractivity contribution in [3.8, 4) is 5.69 Å². The summed E-state index contributed by atoms with van der Waals surface area (Å²) in [5.74, 6) is 0.729. The molecule has 0 aliphatic rings. The Morgan fingerprint density at radius 2 is 1.52 bits per heavy atom. The van der Waals surface area contributed by atoms with Crippen LogP contribution in [-0.4, -0.2) is 15.3 Å². The molecule has 0 bridgehead atoms. The van der Waals surface area contributed by atoms with Gasteiger partial charge in [0.25, 0.3) is 5.56 Å². The molecule has 3 nitrogen and oxygen atoms in total. The van der Waals surface area contributed by atoms with E-state index in [2.05, 4.69) is 24.3 Å². The highest BCUT2D eigenvalue weighted by Crippen LogP contribution is 2.21. The standard InChI is InChI=1S/C23H18N2OS/c26-22-20-15-7-8-16-21(20)24-23(25(22)19-13-5-2-6-14-19)27-17-9-12-18-10-3-1-4-11-18/h1-16H,17H2/b12-9-. The summed E-state index contributed by atoms with van der Waals surface area (Å²) >= 11 is 1.56. The number of hydrogen-bond donors (Lipinski definition) is 0. The van der Waals surface area contributed by atoms with E-state index in [1.165, 1.54) is 0 Å². The fraction of sp³-hybridized carbons (Fsp3) is 0.0435. The van der Waals surface area contributed by atoms with E-state index in [4.69, 9.17) is 4.98 Å². The summed E-state index contributed by atoms with van der Waals surface area (Å²) in [5, 5.41) is 1.33. The predicted octanol–water partition coefficient (Wildman–Crippen LogP) is 5.19. The predicted molar refractivity (Wildman–Crippen MR) is 114 cm³/mol. The molecule has 0 saturated heterocycles. The fourth-order valence-corrected chi connectivity index (χ4v) is 3.71. The summed E-state index contributed by atoms with van der Waals surface area (Å²) in [6, 6.07) is 27.3. The molecule has 132 valence electrons. The Labute approximate surface area is 162 Å². The summed E-state index contributed by atoms with van der Waals surface area (Å²) < 4.78 is 1.70. The minimum Gasteiger partial charge on any atom is -0.268 e. The van der Waals surface area contributed by atoms with Gasteiger partial charge in [0.15, 0.2) is 5.16 Å². The van der Waals surface area contributed by atoms with Gasteiger partial charge in [-0.3, -0.25) is 9.36 Å². The number of nitrogens with zero attached hydrogens (tertiary/aromatic N) is 2. The third kappa shape index (κ3) is 3.86. The van der Waals surface area contributed by atoms with Crippen LogP contribution in [0.2, 0.25) is 0 Å². The van der Waals surface area contributed by atoms with Crippen molar-refractivity contribution in [3.05, 3.63) is 107 Å². The van der Waals surface area contributed by atoms with Crippen molar-refractivity contribution < 1.29 is 0 Å². The minimum atomic E-state index is -0.0404. The highest BCUT2D eigenvalue weighted by Gasteiger charge is 2.12. The second kappa shape index (κ2) is 8.06. The molecule has 1 heterocycles. The van der Waals surface area contributed by atoms with Gasteiger partial charge in [-0.1, -0.05) is 84.6 Å². The number of hydrogen-bond acceptors (Lipinski definition) is 3. The number of para-hydroxylation sites is 2. The van der Waals surface area contributed by atoms with E-state index < -0.39 is 0 Å². The van der Waals surface area contributed by atoms with E-state index in [0.717, 1.165) is 22.5 Å². The Morgan fingerprint density at radius 3 is 2.30 bits per heavy atom. The smallest absolute Gasteiger partial charge is 0.266 e. The van der Waals surface area contributed by atoms with Crippen LogP contribution in [0.3, 0.4) is 0 Å². The van der Waals surface area contributed by atoms with Crippen LogP contribution in [-0.2, 0) is 0 Å². The maximum atomic E-state index is 13.1. The third-order valence-electron chi connectivity index (χ3n) is 4.18. The van der Waals surface area contributed by atoms with Gasteiger partial charge in [0.05, 0.1) is 16.6 Å². The van der Waals surface area contributed by atoms with Gasteiger partial charge in [0.1, 0.15) is 0 Å². The normalized spacial score (nSPS) is 11.3. The second-order valence-corrected chi connectivity index (χ2v) is 7.00. The molecular weight excluding hydrogens is 352 g/mol. The molecule has 4 heteroatoms. The van der Waals surface area contributed by atoms with E-state index >= 15 is 0 Å². The van der Waals surface area contributed by atoms with E-state index in [1.54, 1.807) is 16.3 Å². The third-order valence-corrected chi connectivity index (χ3v) is 5.07. The first-order valence-corrected chi connectivity index (χ1v) is 9.73. The molecule has 0 N–H and O–H groups in total. The molecule has 27 heavy (non-hydrogen) atoms. The molecule has 0 unspecified atom stereocenters. The molecule has 0 atom stereocenters. The number of thioether (sulfide) groups is 1. The highest BCUT2D eigenvalue weighted by molar-refractivity contribution is 7.99. The monoisotopic (exact) mass is 370 g/mol. The van der Waals surface area contributed by atoms with Crippen LogP contribution in [0.5, 0.6) is 0 Å². The Hall–Kier alpha value is -3.11. The van der Waals surface area contributed by atoms with Gasteiger partial charge in [0, 0.05) is 5.75 Å². The van der Waals surface area contributed by atoms with E-state index in [-0.39, 0.29) is 5.56 Å². The van der Waals surface area contributed by atoms with Crippen LogP contribution in [0.25, 0.3) is 22.7 Å². The summed E-state index contributed by atoms with van der Waals surface area (Å²) in [6.45, 7) is 0.